The van der Waals surface area contributed by atoms with Crippen LogP contribution in [0.4, 0.5) is 4.39 Å². The number of nitriles is 1. The Morgan fingerprint density at radius 3 is 2.55 bits per heavy atom. The maximum Gasteiger partial charge on any atom is 0.309 e. The van der Waals surface area contributed by atoms with Gasteiger partial charge in [-0.3, -0.25) is 19.8 Å². The molecule has 1 N–H and O–H groups in total. The molecule has 33 heavy (non-hydrogen) atoms. The maximum absolute atomic E-state index is 13.7. The molecular formula is C24H33FN4O4. The van der Waals surface area contributed by atoms with E-state index < -0.39 is 17.8 Å². The van der Waals surface area contributed by atoms with Crippen LogP contribution in [0.25, 0.3) is 0 Å². The average molecular weight is 461 g/mol. The lowest BCUT2D eigenvalue weighted by molar-refractivity contribution is -0.150. The van der Waals surface area contributed by atoms with Crippen molar-refractivity contribution in [2.24, 2.45) is 5.92 Å². The van der Waals surface area contributed by atoms with Gasteiger partial charge in [0.05, 0.1) is 37.2 Å². The minimum absolute atomic E-state index is 0.0198. The third-order valence-electron chi connectivity index (χ3n) is 8.32. The quantitative estimate of drug-likeness (QED) is 0.474. The van der Waals surface area contributed by atoms with Crippen molar-refractivity contribution in [2.45, 2.75) is 81.6 Å². The lowest BCUT2D eigenvalue weighted by Gasteiger charge is -2.59. The number of hydrogen-bond donors (Lipinski definition) is 1. The molecule has 2 aliphatic heterocycles. The van der Waals surface area contributed by atoms with Crippen molar-refractivity contribution >= 4 is 17.8 Å². The number of carbonyl (C=O) groups is 2. The highest BCUT2D eigenvalue weighted by Gasteiger charge is 2.55. The first-order valence-electron chi connectivity index (χ1n) is 12.1. The summed E-state index contributed by atoms with van der Waals surface area (Å²) in [4.78, 5) is 40.5. The van der Waals surface area contributed by atoms with Crippen LogP contribution in [0.15, 0.2) is 5.57 Å². The summed E-state index contributed by atoms with van der Waals surface area (Å²) in [5.41, 5.74) is 0.0172. The first kappa shape index (κ1) is 23.9. The SMILES string of the molecule is CCOC(=O)C1CCN(C23CCC(NCC(=O)N4C[C@@H](F)C[C@H]4C#N)(CC2)C(=C=O)C3)CC1. The van der Waals surface area contributed by atoms with Crippen LogP contribution >= 0.6 is 0 Å². The summed E-state index contributed by atoms with van der Waals surface area (Å²) >= 11 is 0. The number of piperidine rings is 1. The van der Waals surface area contributed by atoms with Crippen LogP contribution in [-0.4, -0.2) is 83.7 Å². The van der Waals surface area contributed by atoms with Crippen molar-refractivity contribution in [1.82, 2.24) is 15.1 Å². The number of carbonyl (C=O) groups excluding carboxylic acids is 3. The molecule has 5 aliphatic rings. The number of hydrogen-bond acceptors (Lipinski definition) is 7. The Labute approximate surface area is 194 Å². The second kappa shape index (κ2) is 9.54. The molecule has 2 heterocycles. The standard InChI is InChI=1S/C24H33FN4O4/c1-2-33-22(32)17-3-9-28(10-4-17)23-5-7-24(8-6-23,18(12-23)16-30)27-14-21(31)29-15-19(25)11-20(29)13-26/h17,19-20,27H,2-12,14-15H2,1H3/t19-,20-,23?,24?/m0/s1. The lowest BCUT2D eigenvalue weighted by Crippen LogP contribution is -2.66. The van der Waals surface area contributed by atoms with Crippen LogP contribution in [0.3, 0.4) is 0 Å². The molecule has 2 bridgehead atoms. The first-order valence-corrected chi connectivity index (χ1v) is 12.1. The first-order chi connectivity index (χ1) is 15.9. The zero-order valence-corrected chi connectivity index (χ0v) is 19.3. The normalized spacial score (nSPS) is 34.7. The summed E-state index contributed by atoms with van der Waals surface area (Å²) in [6, 6.07) is 1.28. The van der Waals surface area contributed by atoms with Crippen LogP contribution in [0.1, 0.15) is 58.3 Å². The van der Waals surface area contributed by atoms with Crippen molar-refractivity contribution in [3.63, 3.8) is 0 Å². The molecule has 0 radical (unpaired) electrons. The summed E-state index contributed by atoms with van der Waals surface area (Å²) in [5, 5.41) is 12.5. The van der Waals surface area contributed by atoms with E-state index >= 15 is 0 Å². The summed E-state index contributed by atoms with van der Waals surface area (Å²) < 4.78 is 18.9. The van der Waals surface area contributed by atoms with Crippen molar-refractivity contribution in [2.75, 3.05) is 32.8 Å². The number of alkyl halides is 1. The van der Waals surface area contributed by atoms with E-state index in [4.69, 9.17) is 4.74 Å². The van der Waals surface area contributed by atoms with E-state index in [1.54, 1.807) is 0 Å². The largest absolute Gasteiger partial charge is 0.466 e. The summed E-state index contributed by atoms with van der Waals surface area (Å²) in [5.74, 6) is 1.71. The molecule has 9 heteroatoms. The molecule has 2 saturated heterocycles. The van der Waals surface area contributed by atoms with Crippen molar-refractivity contribution in [3.8, 4) is 6.07 Å². The van der Waals surface area contributed by atoms with Crippen LogP contribution in [0, 0.1) is 17.2 Å². The average Bonchev–Trinajstić information content (AvgIpc) is 3.24. The summed E-state index contributed by atoms with van der Waals surface area (Å²) in [6.07, 6.45) is 4.31. The highest BCUT2D eigenvalue weighted by atomic mass is 19.1. The van der Waals surface area contributed by atoms with Crippen LogP contribution in [0.5, 0.6) is 0 Å². The monoisotopic (exact) mass is 460 g/mol. The van der Waals surface area contributed by atoms with E-state index in [1.165, 1.54) is 4.90 Å². The fourth-order valence-corrected chi connectivity index (χ4v) is 6.34. The van der Waals surface area contributed by atoms with Crippen molar-refractivity contribution < 1.29 is 23.5 Å². The smallest absolute Gasteiger partial charge is 0.309 e. The Morgan fingerprint density at radius 2 is 1.94 bits per heavy atom. The number of nitrogens with one attached hydrogen (secondary N) is 1. The molecular weight excluding hydrogens is 427 g/mol. The van der Waals surface area contributed by atoms with Gasteiger partial charge in [0.1, 0.15) is 18.2 Å². The van der Waals surface area contributed by atoms with E-state index in [9.17, 15) is 24.0 Å². The predicted octanol–water partition coefficient (Wildman–Crippen LogP) is 1.53. The van der Waals surface area contributed by atoms with Gasteiger partial charge in [0, 0.05) is 17.5 Å². The van der Waals surface area contributed by atoms with Gasteiger partial charge < -0.3 is 9.64 Å². The van der Waals surface area contributed by atoms with Gasteiger partial charge >= 0.3 is 5.97 Å². The molecule has 5 rings (SSSR count). The third-order valence-corrected chi connectivity index (χ3v) is 8.32. The van der Waals surface area contributed by atoms with Gasteiger partial charge in [0.15, 0.2) is 0 Å². The Balaban J connectivity index is 1.37. The van der Waals surface area contributed by atoms with Crippen molar-refractivity contribution in [3.05, 3.63) is 5.57 Å². The van der Waals surface area contributed by atoms with Gasteiger partial charge in [-0.25, -0.2) is 9.18 Å². The number of amides is 1. The predicted molar refractivity (Wildman–Crippen MR) is 117 cm³/mol. The Hall–Kier alpha value is -2.27. The Morgan fingerprint density at radius 1 is 1.24 bits per heavy atom. The highest BCUT2D eigenvalue weighted by Crippen LogP contribution is 2.52. The molecule has 0 aromatic carbocycles. The van der Waals surface area contributed by atoms with Crippen LogP contribution in [0.2, 0.25) is 0 Å². The second-order valence-electron chi connectivity index (χ2n) is 9.95. The zero-order chi connectivity index (χ0) is 23.6. The number of fused-ring (bicyclic) bond motifs is 3. The summed E-state index contributed by atoms with van der Waals surface area (Å²) in [7, 11) is 0. The van der Waals surface area contributed by atoms with Gasteiger partial charge in [0.2, 0.25) is 5.91 Å². The van der Waals surface area contributed by atoms with Crippen LogP contribution < -0.4 is 5.32 Å². The molecule has 0 unspecified atom stereocenters. The minimum Gasteiger partial charge on any atom is -0.466 e. The Kier molecular flexibility index (Phi) is 6.90. The number of esters is 1. The lowest BCUT2D eigenvalue weighted by atomic mass is 9.58. The fraction of sp³-hybridized carbons (Fsp3) is 0.792. The van der Waals surface area contributed by atoms with E-state index in [0.29, 0.717) is 18.6 Å². The van der Waals surface area contributed by atoms with Gasteiger partial charge in [-0.2, -0.15) is 5.26 Å². The number of rotatable bonds is 6. The van der Waals surface area contributed by atoms with Gasteiger partial charge in [-0.05, 0) is 65.0 Å². The Bertz CT molecular complexity index is 864. The number of ether oxygens (including phenoxy) is 1. The fourth-order valence-electron chi connectivity index (χ4n) is 6.34. The van der Waals surface area contributed by atoms with E-state index in [0.717, 1.165) is 51.6 Å². The molecule has 0 spiro atoms. The molecule has 180 valence electrons. The number of nitrogens with zero attached hydrogens (tertiary/aromatic N) is 3. The van der Waals surface area contributed by atoms with E-state index in [-0.39, 0.29) is 42.8 Å². The van der Waals surface area contributed by atoms with Gasteiger partial charge in [-0.15, -0.1) is 0 Å². The number of halogens is 1. The molecule has 5 fully saturated rings. The van der Waals surface area contributed by atoms with Gasteiger partial charge in [-0.1, -0.05) is 0 Å². The number of likely N-dealkylation sites (tertiary alicyclic amines) is 2. The molecule has 0 aromatic rings. The molecule has 2 atom stereocenters. The maximum atomic E-state index is 13.7. The van der Waals surface area contributed by atoms with Gasteiger partial charge in [0.25, 0.3) is 0 Å². The van der Waals surface area contributed by atoms with Crippen LogP contribution in [-0.2, 0) is 19.1 Å². The second-order valence-corrected chi connectivity index (χ2v) is 9.95. The van der Waals surface area contributed by atoms with E-state index in [2.05, 4.69) is 16.2 Å². The zero-order valence-electron chi connectivity index (χ0n) is 19.3. The van der Waals surface area contributed by atoms with Crippen molar-refractivity contribution in [1.29, 1.82) is 5.26 Å². The van der Waals surface area contributed by atoms with E-state index in [1.807, 2.05) is 13.0 Å². The molecule has 0 aromatic heterocycles. The summed E-state index contributed by atoms with van der Waals surface area (Å²) in [6.45, 7) is 3.77. The topological polar surface area (TPSA) is 103 Å². The highest BCUT2D eigenvalue weighted by molar-refractivity contribution is 5.79. The molecule has 3 saturated carbocycles. The third kappa shape index (κ3) is 4.44. The molecule has 1 amide bonds. The molecule has 8 nitrogen and oxygen atoms in total. The minimum atomic E-state index is -1.17. The molecule has 3 aliphatic carbocycles.